The number of hydrogen-bond acceptors (Lipinski definition) is 4. The van der Waals surface area contributed by atoms with Gasteiger partial charge >= 0.3 is 0 Å². The molecule has 1 aromatic carbocycles. The summed E-state index contributed by atoms with van der Waals surface area (Å²) in [5, 5.41) is 11.0. The topological polar surface area (TPSA) is 35.9 Å². The Morgan fingerprint density at radius 2 is 1.77 bits per heavy atom. The molecule has 0 amide bonds. The summed E-state index contributed by atoms with van der Waals surface area (Å²) in [6.45, 7) is 7.37. The molecule has 22 heavy (non-hydrogen) atoms. The van der Waals surface area contributed by atoms with Crippen LogP contribution in [-0.4, -0.2) is 48.3 Å². The van der Waals surface area contributed by atoms with E-state index in [-0.39, 0.29) is 5.41 Å². The van der Waals surface area contributed by atoms with Crippen molar-refractivity contribution >= 4 is 17.4 Å². The number of ether oxygens (including phenoxy) is 1. The van der Waals surface area contributed by atoms with E-state index in [9.17, 15) is 5.11 Å². The number of phenols is 1. The zero-order valence-electron chi connectivity index (χ0n) is 14.7. The quantitative estimate of drug-likeness (QED) is 0.861. The number of thiocarbonyl (C=S) groups is 1. The summed E-state index contributed by atoms with van der Waals surface area (Å²) in [5.74, 6) is 0.375. The highest BCUT2D eigenvalue weighted by molar-refractivity contribution is 7.80. The van der Waals surface area contributed by atoms with Crippen LogP contribution in [0.4, 0.5) is 0 Å². The molecule has 0 radical (unpaired) electrons. The summed E-state index contributed by atoms with van der Waals surface area (Å²) in [7, 11) is 7.69. The first-order valence-electron chi connectivity index (χ1n) is 7.36. The number of rotatable bonds is 4. The summed E-state index contributed by atoms with van der Waals surface area (Å²) in [5.41, 5.74) is 2.72. The Balaban J connectivity index is 3.14. The third-order valence-electron chi connectivity index (χ3n) is 3.27. The van der Waals surface area contributed by atoms with Crippen molar-refractivity contribution in [2.24, 2.45) is 0 Å². The van der Waals surface area contributed by atoms with Crippen LogP contribution in [0.5, 0.6) is 5.75 Å². The highest BCUT2D eigenvalue weighted by atomic mass is 32.1. The van der Waals surface area contributed by atoms with Crippen LogP contribution < -0.4 is 0 Å². The van der Waals surface area contributed by atoms with Gasteiger partial charge in [-0.3, -0.25) is 0 Å². The molecule has 1 rings (SSSR count). The zero-order chi connectivity index (χ0) is 17.1. The van der Waals surface area contributed by atoms with E-state index in [1.165, 1.54) is 0 Å². The van der Waals surface area contributed by atoms with Crippen LogP contribution in [0, 0.1) is 0 Å². The van der Waals surface area contributed by atoms with E-state index in [2.05, 4.69) is 20.8 Å². The normalized spacial score (nSPS) is 11.6. The van der Waals surface area contributed by atoms with E-state index in [1.54, 1.807) is 4.90 Å². The van der Waals surface area contributed by atoms with Gasteiger partial charge in [0.2, 0.25) is 0 Å². The second-order valence-electron chi connectivity index (χ2n) is 7.09. The van der Waals surface area contributed by atoms with Crippen molar-refractivity contribution in [3.8, 4) is 5.75 Å². The van der Waals surface area contributed by atoms with E-state index in [0.29, 0.717) is 24.1 Å². The third kappa shape index (κ3) is 5.14. The minimum absolute atomic E-state index is 0.136. The molecule has 0 saturated carbocycles. The lowest BCUT2D eigenvalue weighted by Gasteiger charge is -2.24. The molecule has 0 heterocycles. The highest BCUT2D eigenvalue weighted by Gasteiger charge is 2.21. The number of hydrogen-bond donors (Lipinski definition) is 1. The zero-order valence-corrected chi connectivity index (χ0v) is 15.5. The first kappa shape index (κ1) is 18.7. The van der Waals surface area contributed by atoms with E-state index in [4.69, 9.17) is 17.0 Å². The Hall–Kier alpha value is -1.33. The van der Waals surface area contributed by atoms with E-state index in [0.717, 1.165) is 16.7 Å². The molecule has 0 saturated heterocycles. The van der Waals surface area contributed by atoms with Gasteiger partial charge in [0.25, 0.3) is 5.17 Å². The van der Waals surface area contributed by atoms with Crippen molar-refractivity contribution in [2.45, 2.75) is 39.3 Å². The minimum Gasteiger partial charge on any atom is -0.507 e. The van der Waals surface area contributed by atoms with Gasteiger partial charge in [-0.1, -0.05) is 20.8 Å². The van der Waals surface area contributed by atoms with Gasteiger partial charge in [0.1, 0.15) is 12.4 Å². The maximum absolute atomic E-state index is 10.6. The lowest BCUT2D eigenvalue weighted by molar-refractivity contribution is 0.257. The van der Waals surface area contributed by atoms with Crippen LogP contribution in [0.15, 0.2) is 12.1 Å². The molecule has 0 atom stereocenters. The molecule has 0 spiro atoms. The maximum Gasteiger partial charge on any atom is 0.259 e. The van der Waals surface area contributed by atoms with Gasteiger partial charge < -0.3 is 19.6 Å². The van der Waals surface area contributed by atoms with Crippen molar-refractivity contribution in [2.75, 3.05) is 28.2 Å². The molecular weight excluding hydrogens is 296 g/mol. The predicted octanol–water partition coefficient (Wildman–Crippen LogP) is 3.11. The molecule has 0 aliphatic rings. The molecule has 0 aromatic heterocycles. The fourth-order valence-electron chi connectivity index (χ4n) is 2.15. The van der Waals surface area contributed by atoms with Crippen molar-refractivity contribution in [3.05, 3.63) is 28.8 Å². The van der Waals surface area contributed by atoms with Crippen molar-refractivity contribution in [3.63, 3.8) is 0 Å². The minimum atomic E-state index is -0.136. The van der Waals surface area contributed by atoms with Gasteiger partial charge in [-0.15, -0.1) is 0 Å². The fraction of sp³-hybridized carbons (Fsp3) is 0.588. The molecule has 0 aliphatic heterocycles. The van der Waals surface area contributed by atoms with Gasteiger partial charge in [0.15, 0.2) is 0 Å². The Bertz CT molecular complexity index is 534. The lowest BCUT2D eigenvalue weighted by atomic mass is 9.84. The van der Waals surface area contributed by atoms with Crippen LogP contribution in [0.3, 0.4) is 0 Å². The summed E-state index contributed by atoms with van der Waals surface area (Å²) in [4.78, 5) is 3.80. The van der Waals surface area contributed by atoms with E-state index >= 15 is 0 Å². The van der Waals surface area contributed by atoms with Crippen LogP contribution in [0.2, 0.25) is 0 Å². The van der Waals surface area contributed by atoms with Gasteiger partial charge in [0, 0.05) is 26.2 Å². The molecule has 0 fully saturated rings. The standard InChI is InChI=1S/C17H28N2O2S/c1-17(2,3)14-9-12(11-21-16(22)19(6)7)8-13(15(14)20)10-18(4)5/h8-9,20H,10-11H2,1-7H3. The Labute approximate surface area is 139 Å². The van der Waals surface area contributed by atoms with Crippen LogP contribution in [0.25, 0.3) is 0 Å². The van der Waals surface area contributed by atoms with Gasteiger partial charge in [0.05, 0.1) is 0 Å². The van der Waals surface area contributed by atoms with Crippen LogP contribution in [-0.2, 0) is 23.3 Å². The average Bonchev–Trinajstić information content (AvgIpc) is 2.36. The average molecular weight is 324 g/mol. The fourth-order valence-corrected chi connectivity index (χ4v) is 2.21. The highest BCUT2D eigenvalue weighted by Crippen LogP contribution is 2.35. The molecule has 1 N–H and O–H groups in total. The summed E-state index contributed by atoms with van der Waals surface area (Å²) in [6, 6.07) is 4.00. The van der Waals surface area contributed by atoms with Gasteiger partial charge in [-0.2, -0.15) is 0 Å². The molecule has 0 unspecified atom stereocenters. The SMILES string of the molecule is CN(C)Cc1cc(COC(=S)N(C)C)cc(C(C)(C)C)c1O. The predicted molar refractivity (Wildman–Crippen MR) is 95.3 cm³/mol. The number of benzene rings is 1. The maximum atomic E-state index is 10.6. The first-order chi connectivity index (χ1) is 10.0. The number of phenolic OH excluding ortho intramolecular Hbond substituents is 1. The van der Waals surface area contributed by atoms with E-state index < -0.39 is 0 Å². The van der Waals surface area contributed by atoms with Crippen LogP contribution in [0.1, 0.15) is 37.5 Å². The summed E-state index contributed by atoms with van der Waals surface area (Å²) < 4.78 is 5.62. The molecule has 0 bridgehead atoms. The molecule has 124 valence electrons. The number of nitrogens with zero attached hydrogens (tertiary/aromatic N) is 2. The molecule has 1 aromatic rings. The monoisotopic (exact) mass is 324 g/mol. The van der Waals surface area contributed by atoms with E-state index in [1.807, 2.05) is 45.2 Å². The van der Waals surface area contributed by atoms with Gasteiger partial charge in [-0.05, 0) is 55.0 Å². The third-order valence-corrected chi connectivity index (χ3v) is 3.75. The summed E-state index contributed by atoms with van der Waals surface area (Å²) >= 11 is 5.16. The smallest absolute Gasteiger partial charge is 0.259 e. The molecular formula is C17H28N2O2S. The number of aromatic hydroxyl groups is 1. The summed E-state index contributed by atoms with van der Waals surface area (Å²) in [6.07, 6.45) is 0. The molecule has 0 aliphatic carbocycles. The van der Waals surface area contributed by atoms with Crippen molar-refractivity contribution in [1.29, 1.82) is 0 Å². The lowest BCUT2D eigenvalue weighted by Crippen LogP contribution is -2.22. The van der Waals surface area contributed by atoms with Crippen molar-refractivity contribution < 1.29 is 9.84 Å². The first-order valence-corrected chi connectivity index (χ1v) is 7.77. The molecule has 5 heteroatoms. The Morgan fingerprint density at radius 3 is 2.23 bits per heavy atom. The second-order valence-corrected chi connectivity index (χ2v) is 7.44. The Kier molecular flexibility index (Phi) is 6.20. The largest absolute Gasteiger partial charge is 0.507 e. The van der Waals surface area contributed by atoms with Crippen molar-refractivity contribution in [1.82, 2.24) is 9.80 Å². The second kappa shape index (κ2) is 7.29. The Morgan fingerprint density at radius 1 is 1.18 bits per heavy atom. The van der Waals surface area contributed by atoms with Crippen LogP contribution >= 0.6 is 12.2 Å². The molecule has 4 nitrogen and oxygen atoms in total. The van der Waals surface area contributed by atoms with Gasteiger partial charge in [-0.25, -0.2) is 0 Å².